The summed E-state index contributed by atoms with van der Waals surface area (Å²) in [6, 6.07) is 18.9. The summed E-state index contributed by atoms with van der Waals surface area (Å²) in [5.74, 6) is 0. The minimum Gasteiger partial charge on any atom is -0.380 e. The Morgan fingerprint density at radius 3 is 2.76 bits per heavy atom. The van der Waals surface area contributed by atoms with E-state index in [2.05, 4.69) is 48.8 Å². The summed E-state index contributed by atoms with van der Waals surface area (Å²) in [6.07, 6.45) is 6.97. The van der Waals surface area contributed by atoms with E-state index in [1.807, 2.05) is 31.4 Å². The molecule has 0 bridgehead atoms. The maximum atomic E-state index is 13.3. The van der Waals surface area contributed by atoms with Crippen LogP contribution in [0.15, 0.2) is 84.1 Å². The van der Waals surface area contributed by atoms with Crippen molar-refractivity contribution in [3.63, 3.8) is 0 Å². The molecule has 0 amide bonds. The number of para-hydroxylation sites is 1. The predicted molar refractivity (Wildman–Crippen MR) is 145 cm³/mol. The molecule has 1 saturated heterocycles. The van der Waals surface area contributed by atoms with Crippen molar-refractivity contribution in [2.24, 2.45) is 7.05 Å². The molecule has 8 nitrogen and oxygen atoms in total. The fourth-order valence-electron chi connectivity index (χ4n) is 4.87. The monoisotopic (exact) mass is 513 g/mol. The number of benzene rings is 3. The molecule has 0 radical (unpaired) electrons. The Morgan fingerprint density at radius 1 is 1.03 bits per heavy atom. The predicted octanol–water partition coefficient (Wildman–Crippen LogP) is 4.99. The van der Waals surface area contributed by atoms with E-state index in [1.54, 1.807) is 30.6 Å². The highest BCUT2D eigenvalue weighted by Gasteiger charge is 2.24. The van der Waals surface area contributed by atoms with Crippen LogP contribution in [0.3, 0.4) is 0 Å². The molecule has 1 fully saturated rings. The summed E-state index contributed by atoms with van der Waals surface area (Å²) in [4.78, 5) is 9.33. The van der Waals surface area contributed by atoms with Crippen LogP contribution in [0.4, 0.5) is 11.4 Å². The van der Waals surface area contributed by atoms with Crippen LogP contribution in [-0.2, 0) is 21.8 Å². The number of sulfonamides is 1. The molecular formula is C28H27N5O3S. The van der Waals surface area contributed by atoms with Gasteiger partial charge in [-0.05, 0) is 60.2 Å². The molecule has 37 heavy (non-hydrogen) atoms. The lowest BCUT2D eigenvalue weighted by atomic mass is 10.0. The molecule has 2 N–H and O–H groups in total. The minimum atomic E-state index is -3.76. The molecule has 1 atom stereocenters. The molecule has 3 heterocycles. The Bertz CT molecular complexity index is 1710. The number of fused-ring (bicyclic) bond motifs is 2. The molecule has 1 unspecified atom stereocenters. The smallest absolute Gasteiger partial charge is 0.242 e. The van der Waals surface area contributed by atoms with Gasteiger partial charge < -0.3 is 14.6 Å². The van der Waals surface area contributed by atoms with Gasteiger partial charge in [0.05, 0.1) is 23.3 Å². The molecule has 5 aromatic rings. The minimum absolute atomic E-state index is 0.187. The second-order valence-corrected chi connectivity index (χ2v) is 11.0. The summed E-state index contributed by atoms with van der Waals surface area (Å²) in [5.41, 5.74) is 5.73. The molecule has 0 spiro atoms. The number of aromatic nitrogens is 3. The maximum Gasteiger partial charge on any atom is 0.242 e. The van der Waals surface area contributed by atoms with Crippen molar-refractivity contribution in [3.8, 4) is 11.1 Å². The van der Waals surface area contributed by atoms with Crippen LogP contribution in [0.1, 0.15) is 12.8 Å². The third kappa shape index (κ3) is 4.69. The van der Waals surface area contributed by atoms with Gasteiger partial charge in [-0.1, -0.05) is 24.3 Å². The second kappa shape index (κ2) is 9.59. The molecule has 0 aliphatic carbocycles. The fraction of sp³-hybridized carbons (Fsp3) is 0.214. The van der Waals surface area contributed by atoms with E-state index in [9.17, 15) is 8.42 Å². The normalized spacial score (nSPS) is 16.3. The van der Waals surface area contributed by atoms with E-state index in [0.29, 0.717) is 24.4 Å². The molecule has 1 aliphatic rings. The van der Waals surface area contributed by atoms with Gasteiger partial charge in [0, 0.05) is 55.1 Å². The Labute approximate surface area is 215 Å². The highest BCUT2D eigenvalue weighted by Crippen LogP contribution is 2.34. The standard InChI is InChI=1S/C28H27N5O3S/c1-33-13-10-19-8-9-20(15-26(19)33)23-16-22(17-25-28(23)30-12-11-29-25)31-24-6-2-3-7-27(24)37(34,35)32-21-5-4-14-36-18-21/h2-3,6-13,15-17,21,31-32H,4-5,14,18H2,1H3. The first-order chi connectivity index (χ1) is 18.0. The molecule has 3 aromatic carbocycles. The average Bonchev–Trinajstić information content (AvgIpc) is 3.28. The number of ether oxygens (including phenoxy) is 1. The number of hydrogen-bond donors (Lipinski definition) is 2. The van der Waals surface area contributed by atoms with Crippen molar-refractivity contribution in [2.75, 3.05) is 18.5 Å². The quantitative estimate of drug-likeness (QED) is 0.332. The van der Waals surface area contributed by atoms with E-state index in [0.717, 1.165) is 46.1 Å². The van der Waals surface area contributed by atoms with Gasteiger partial charge in [0.2, 0.25) is 10.0 Å². The second-order valence-electron chi connectivity index (χ2n) is 9.30. The van der Waals surface area contributed by atoms with Crippen LogP contribution in [0, 0.1) is 0 Å². The van der Waals surface area contributed by atoms with Gasteiger partial charge in [0.25, 0.3) is 0 Å². The van der Waals surface area contributed by atoms with E-state index in [4.69, 9.17) is 4.74 Å². The van der Waals surface area contributed by atoms with Crippen molar-refractivity contribution < 1.29 is 13.2 Å². The summed E-state index contributed by atoms with van der Waals surface area (Å²) < 4.78 is 37.0. The van der Waals surface area contributed by atoms with Gasteiger partial charge in [-0.2, -0.15) is 0 Å². The third-order valence-electron chi connectivity index (χ3n) is 6.71. The summed E-state index contributed by atoms with van der Waals surface area (Å²) in [6.45, 7) is 1.05. The van der Waals surface area contributed by atoms with Crippen LogP contribution < -0.4 is 10.0 Å². The summed E-state index contributed by atoms with van der Waals surface area (Å²) in [5, 5.41) is 4.50. The van der Waals surface area contributed by atoms with Crippen LogP contribution in [0.2, 0.25) is 0 Å². The van der Waals surface area contributed by atoms with Gasteiger partial charge in [-0.25, -0.2) is 13.1 Å². The number of anilines is 2. The zero-order valence-electron chi connectivity index (χ0n) is 20.4. The highest BCUT2D eigenvalue weighted by molar-refractivity contribution is 7.89. The Morgan fingerprint density at radius 2 is 1.89 bits per heavy atom. The molecule has 9 heteroatoms. The van der Waals surface area contributed by atoms with Gasteiger partial charge in [-0.3, -0.25) is 9.97 Å². The summed E-state index contributed by atoms with van der Waals surface area (Å²) >= 11 is 0. The number of hydrogen-bond acceptors (Lipinski definition) is 6. The van der Waals surface area contributed by atoms with E-state index in [-0.39, 0.29) is 10.9 Å². The largest absolute Gasteiger partial charge is 0.380 e. The van der Waals surface area contributed by atoms with Crippen molar-refractivity contribution in [1.82, 2.24) is 19.3 Å². The molecule has 0 saturated carbocycles. The zero-order valence-corrected chi connectivity index (χ0v) is 21.2. The van der Waals surface area contributed by atoms with Crippen LogP contribution in [0.5, 0.6) is 0 Å². The first-order valence-electron chi connectivity index (χ1n) is 12.2. The topological polar surface area (TPSA) is 98.1 Å². The van der Waals surface area contributed by atoms with Gasteiger partial charge >= 0.3 is 0 Å². The lowest BCUT2D eigenvalue weighted by molar-refractivity contribution is 0.0774. The van der Waals surface area contributed by atoms with E-state index >= 15 is 0 Å². The Kier molecular flexibility index (Phi) is 6.11. The fourth-order valence-corrected chi connectivity index (χ4v) is 6.29. The zero-order chi connectivity index (χ0) is 25.4. The molecule has 2 aromatic heterocycles. The first kappa shape index (κ1) is 23.6. The Hall–Kier alpha value is -3.79. The number of aryl methyl sites for hydroxylation is 1. The lowest BCUT2D eigenvalue weighted by Crippen LogP contribution is -2.40. The van der Waals surface area contributed by atoms with Gasteiger partial charge in [0.15, 0.2) is 0 Å². The first-order valence-corrected chi connectivity index (χ1v) is 13.7. The van der Waals surface area contributed by atoms with Crippen LogP contribution >= 0.6 is 0 Å². The van der Waals surface area contributed by atoms with Crippen molar-refractivity contribution >= 4 is 43.3 Å². The van der Waals surface area contributed by atoms with E-state index in [1.165, 1.54) is 0 Å². The molecule has 1 aliphatic heterocycles. The van der Waals surface area contributed by atoms with Crippen LogP contribution in [-0.4, -0.2) is 42.2 Å². The molecule has 6 rings (SSSR count). The maximum absolute atomic E-state index is 13.3. The highest BCUT2D eigenvalue weighted by atomic mass is 32.2. The number of nitrogens with one attached hydrogen (secondary N) is 2. The van der Waals surface area contributed by atoms with Gasteiger partial charge in [0.1, 0.15) is 4.90 Å². The van der Waals surface area contributed by atoms with Crippen molar-refractivity contribution in [1.29, 1.82) is 0 Å². The molecule has 188 valence electrons. The molecular weight excluding hydrogens is 486 g/mol. The lowest BCUT2D eigenvalue weighted by Gasteiger charge is -2.23. The van der Waals surface area contributed by atoms with Crippen molar-refractivity contribution in [2.45, 2.75) is 23.8 Å². The SMILES string of the molecule is Cn1ccc2ccc(-c3cc(Nc4ccccc4S(=O)(=O)NC4CCCOC4)cc4nccnc34)cc21. The van der Waals surface area contributed by atoms with Crippen LogP contribution in [0.25, 0.3) is 33.1 Å². The van der Waals surface area contributed by atoms with E-state index < -0.39 is 10.0 Å². The average molecular weight is 514 g/mol. The summed E-state index contributed by atoms with van der Waals surface area (Å²) in [7, 11) is -1.74. The third-order valence-corrected chi connectivity index (χ3v) is 8.29. The Balaban J connectivity index is 1.40. The number of rotatable bonds is 6. The van der Waals surface area contributed by atoms with Gasteiger partial charge in [-0.15, -0.1) is 0 Å². The number of nitrogens with zero attached hydrogens (tertiary/aromatic N) is 3. The van der Waals surface area contributed by atoms with Crippen molar-refractivity contribution in [3.05, 3.63) is 79.3 Å².